The second-order valence-electron chi connectivity index (χ2n) is 5.68. The lowest BCUT2D eigenvalue weighted by molar-refractivity contribution is -0.916. The predicted octanol–water partition coefficient (Wildman–Crippen LogP) is 0.625. The second-order valence-corrected chi connectivity index (χ2v) is 8.23. The van der Waals surface area contributed by atoms with Crippen LogP contribution >= 0.6 is 0 Å². The summed E-state index contributed by atoms with van der Waals surface area (Å²) in [5.41, 5.74) is 0. The first-order valence-electron chi connectivity index (χ1n) is 8.84. The third-order valence-electron chi connectivity index (χ3n) is 4.12. The van der Waals surface area contributed by atoms with Crippen LogP contribution in [0.2, 0.25) is 0 Å². The van der Waals surface area contributed by atoms with E-state index in [0.29, 0.717) is 0 Å². The summed E-state index contributed by atoms with van der Waals surface area (Å²) >= 11 is 0. The van der Waals surface area contributed by atoms with Crippen LogP contribution in [0.25, 0.3) is 0 Å². The van der Waals surface area contributed by atoms with E-state index in [1.54, 1.807) is 0 Å². The fourth-order valence-electron chi connectivity index (χ4n) is 2.45. The molecule has 136 valence electrons. The Labute approximate surface area is 145 Å². The standard InChI is InChI=1S/C16H38NO3Si.ClH/c1-7-13-18-21(19-14-8-2,20-15-9-3)16-17(10-4,11-5)12-6;/h7-16H2,1-6H3;1H/q+1;/p-1. The van der Waals surface area contributed by atoms with E-state index in [9.17, 15) is 0 Å². The molecular weight excluding hydrogens is 318 g/mol. The number of hydrogen-bond donors (Lipinski definition) is 0. The van der Waals surface area contributed by atoms with Crippen molar-refractivity contribution in [3.8, 4) is 0 Å². The van der Waals surface area contributed by atoms with Crippen molar-refractivity contribution in [1.29, 1.82) is 0 Å². The van der Waals surface area contributed by atoms with Crippen molar-refractivity contribution >= 4 is 8.80 Å². The Kier molecular flexibility index (Phi) is 15.4. The Bertz CT molecular complexity index is 224. The SMILES string of the molecule is CCCO[Si](C[N+](CC)(CC)CC)(OCCC)OCCC.[Cl-]. The minimum Gasteiger partial charge on any atom is -1.00 e. The van der Waals surface area contributed by atoms with E-state index in [1.807, 2.05) is 0 Å². The van der Waals surface area contributed by atoms with Crippen molar-refractivity contribution in [1.82, 2.24) is 0 Å². The lowest BCUT2D eigenvalue weighted by Gasteiger charge is -2.41. The molecule has 0 radical (unpaired) electrons. The summed E-state index contributed by atoms with van der Waals surface area (Å²) in [5.74, 6) is 0. The van der Waals surface area contributed by atoms with Gasteiger partial charge in [-0.25, -0.2) is 0 Å². The molecule has 0 saturated heterocycles. The smallest absolute Gasteiger partial charge is 0.559 e. The average Bonchev–Trinajstić information content (AvgIpc) is 2.54. The Morgan fingerprint density at radius 3 is 1.18 bits per heavy atom. The van der Waals surface area contributed by atoms with Gasteiger partial charge >= 0.3 is 8.80 Å². The number of halogens is 1. The number of nitrogens with zero attached hydrogens (tertiary/aromatic N) is 1. The minimum atomic E-state index is -2.58. The molecule has 0 amide bonds. The van der Waals surface area contributed by atoms with E-state index >= 15 is 0 Å². The molecule has 0 bridgehead atoms. The van der Waals surface area contributed by atoms with Crippen LogP contribution in [0, 0.1) is 0 Å². The van der Waals surface area contributed by atoms with Gasteiger partial charge in [0.05, 0.1) is 19.6 Å². The average molecular weight is 356 g/mol. The molecule has 0 spiro atoms. The van der Waals surface area contributed by atoms with Gasteiger partial charge in [0.25, 0.3) is 0 Å². The first-order valence-corrected chi connectivity index (χ1v) is 10.8. The van der Waals surface area contributed by atoms with Gasteiger partial charge in [-0.05, 0) is 40.0 Å². The zero-order chi connectivity index (χ0) is 16.2. The van der Waals surface area contributed by atoms with E-state index in [-0.39, 0.29) is 12.4 Å². The van der Waals surface area contributed by atoms with Gasteiger partial charge in [-0.2, -0.15) is 0 Å². The maximum absolute atomic E-state index is 6.22. The molecule has 4 nitrogen and oxygen atoms in total. The summed E-state index contributed by atoms with van der Waals surface area (Å²) < 4.78 is 19.7. The molecule has 0 heterocycles. The second kappa shape index (κ2) is 13.8. The van der Waals surface area contributed by atoms with Gasteiger partial charge in [0, 0.05) is 19.8 Å². The molecule has 0 aliphatic heterocycles. The fourth-order valence-corrected chi connectivity index (χ4v) is 6.01. The maximum atomic E-state index is 6.22. The molecule has 22 heavy (non-hydrogen) atoms. The third kappa shape index (κ3) is 8.27. The fraction of sp³-hybridized carbons (Fsp3) is 1.00. The molecule has 0 saturated carbocycles. The molecule has 0 rings (SSSR count). The van der Waals surface area contributed by atoms with Crippen LogP contribution in [-0.4, -0.2) is 58.9 Å². The van der Waals surface area contributed by atoms with Crippen LogP contribution in [-0.2, 0) is 13.3 Å². The molecule has 0 fully saturated rings. The summed E-state index contributed by atoms with van der Waals surface area (Å²) in [5, 5.41) is 0. The summed E-state index contributed by atoms with van der Waals surface area (Å²) in [4.78, 5) is 0. The van der Waals surface area contributed by atoms with Gasteiger partial charge in [0.2, 0.25) is 0 Å². The van der Waals surface area contributed by atoms with E-state index in [0.717, 1.165) is 69.4 Å². The highest BCUT2D eigenvalue weighted by Crippen LogP contribution is 2.19. The van der Waals surface area contributed by atoms with Gasteiger partial charge in [0.15, 0.2) is 0 Å². The Morgan fingerprint density at radius 1 is 0.636 bits per heavy atom. The van der Waals surface area contributed by atoms with Gasteiger partial charge < -0.3 is 30.2 Å². The van der Waals surface area contributed by atoms with Crippen molar-refractivity contribution in [2.45, 2.75) is 60.8 Å². The van der Waals surface area contributed by atoms with Crippen molar-refractivity contribution in [3.63, 3.8) is 0 Å². The van der Waals surface area contributed by atoms with Crippen LogP contribution in [0.3, 0.4) is 0 Å². The lowest BCUT2D eigenvalue weighted by Crippen LogP contribution is -3.00. The van der Waals surface area contributed by atoms with Crippen molar-refractivity contribution < 1.29 is 30.2 Å². The zero-order valence-electron chi connectivity index (χ0n) is 15.6. The normalized spacial score (nSPS) is 12.3. The van der Waals surface area contributed by atoms with Crippen LogP contribution < -0.4 is 12.4 Å². The van der Waals surface area contributed by atoms with Crippen LogP contribution in [0.5, 0.6) is 0 Å². The predicted molar refractivity (Wildman–Crippen MR) is 91.2 cm³/mol. The summed E-state index contributed by atoms with van der Waals surface area (Å²) in [6.07, 6.45) is 3.91. The monoisotopic (exact) mass is 355 g/mol. The molecule has 0 aromatic heterocycles. The quantitative estimate of drug-likeness (QED) is 0.338. The van der Waals surface area contributed by atoms with Crippen molar-refractivity contribution in [3.05, 3.63) is 0 Å². The highest BCUT2D eigenvalue weighted by molar-refractivity contribution is 6.60. The van der Waals surface area contributed by atoms with Crippen LogP contribution in [0.1, 0.15) is 60.8 Å². The topological polar surface area (TPSA) is 27.7 Å². The minimum absolute atomic E-state index is 0. The number of rotatable bonds is 14. The first-order chi connectivity index (χ1) is 10.1. The molecule has 0 aliphatic rings. The number of hydrogen-bond acceptors (Lipinski definition) is 3. The molecule has 0 N–H and O–H groups in total. The van der Waals surface area contributed by atoms with Gasteiger partial charge in [0.1, 0.15) is 6.17 Å². The largest absolute Gasteiger partial charge is 1.00 e. The third-order valence-corrected chi connectivity index (χ3v) is 7.11. The van der Waals surface area contributed by atoms with E-state index < -0.39 is 8.80 Å². The van der Waals surface area contributed by atoms with E-state index in [1.165, 1.54) is 0 Å². The van der Waals surface area contributed by atoms with Crippen LogP contribution in [0.4, 0.5) is 0 Å². The van der Waals surface area contributed by atoms with Crippen molar-refractivity contribution in [2.75, 3.05) is 45.6 Å². The van der Waals surface area contributed by atoms with Gasteiger partial charge in [-0.1, -0.05) is 20.8 Å². The highest BCUT2D eigenvalue weighted by atomic mass is 35.5. The zero-order valence-corrected chi connectivity index (χ0v) is 17.4. The summed E-state index contributed by atoms with van der Waals surface area (Å²) in [7, 11) is -2.58. The van der Waals surface area contributed by atoms with Gasteiger partial charge in [-0.15, -0.1) is 0 Å². The molecule has 0 aromatic carbocycles. The Hall–Kier alpha value is 0.347. The Morgan fingerprint density at radius 2 is 0.955 bits per heavy atom. The summed E-state index contributed by atoms with van der Waals surface area (Å²) in [6.45, 7) is 18.7. The highest BCUT2D eigenvalue weighted by Gasteiger charge is 2.49. The Balaban J connectivity index is 0. The maximum Gasteiger partial charge on any atom is 0.559 e. The summed E-state index contributed by atoms with van der Waals surface area (Å²) in [6, 6.07) is 0. The molecular formula is C16H38ClNO3Si. The number of quaternary nitrogens is 1. The molecule has 0 atom stereocenters. The first kappa shape index (κ1) is 24.6. The van der Waals surface area contributed by atoms with E-state index in [2.05, 4.69) is 41.5 Å². The van der Waals surface area contributed by atoms with Gasteiger partial charge in [-0.3, -0.25) is 0 Å². The molecule has 6 heteroatoms. The molecule has 0 aliphatic carbocycles. The van der Waals surface area contributed by atoms with E-state index in [4.69, 9.17) is 13.3 Å². The van der Waals surface area contributed by atoms with Crippen LogP contribution in [0.15, 0.2) is 0 Å². The molecule has 0 aromatic rings. The van der Waals surface area contributed by atoms with Crippen molar-refractivity contribution in [2.24, 2.45) is 0 Å². The lowest BCUT2D eigenvalue weighted by atomic mass is 10.4. The molecule has 0 unspecified atom stereocenters.